The summed E-state index contributed by atoms with van der Waals surface area (Å²) in [6.45, 7) is 0. The Kier molecular flexibility index (Phi) is 2.18. The van der Waals surface area contributed by atoms with Crippen molar-refractivity contribution in [2.45, 2.75) is 0 Å². The van der Waals surface area contributed by atoms with Crippen LogP contribution >= 0.6 is 24.0 Å². The van der Waals surface area contributed by atoms with Crippen molar-refractivity contribution in [3.63, 3.8) is 0 Å². The minimum absolute atomic E-state index is 0.715. The molecule has 0 bridgehead atoms. The van der Waals surface area contributed by atoms with E-state index in [1.165, 1.54) is 18.1 Å². The first-order valence-electron chi connectivity index (χ1n) is 2.27. The Bertz CT molecular complexity index is 194. The van der Waals surface area contributed by atoms with E-state index in [0.717, 1.165) is 0 Å². The summed E-state index contributed by atoms with van der Waals surface area (Å²) in [5.74, 6) is 0. The molecule has 0 saturated carbocycles. The molecule has 0 spiro atoms. The molecule has 48 valence electrons. The fourth-order valence-electron chi connectivity index (χ4n) is 0.396. The van der Waals surface area contributed by atoms with Crippen LogP contribution in [0, 0.1) is 0 Å². The predicted molar refractivity (Wildman–Crippen MR) is 41.5 cm³/mol. The normalized spacial score (nSPS) is 9.44. The molecule has 1 aromatic heterocycles. The first-order valence-corrected chi connectivity index (χ1v) is 3.91. The highest BCUT2D eigenvalue weighted by atomic mass is 32.2. The molecule has 0 saturated heterocycles. The molecule has 3 nitrogen and oxygen atoms in total. The number of hydrogen-bond donors (Lipinski definition) is 0. The van der Waals surface area contributed by atoms with Gasteiger partial charge < -0.3 is 0 Å². The van der Waals surface area contributed by atoms with Crippen LogP contribution in [0.15, 0.2) is 12.7 Å². The van der Waals surface area contributed by atoms with Crippen LogP contribution in [0.4, 0.5) is 0 Å². The number of nitrogens with zero attached hydrogens (tertiary/aromatic N) is 3. The standard InChI is InChI=1S/C4H5N3S2/c1-9-4(8)7-3-5-2-6-7/h2-3H,1H3. The molecule has 0 fully saturated rings. The molecular weight excluding hydrogens is 154 g/mol. The predicted octanol–water partition coefficient (Wildman–Crippen LogP) is 0.774. The van der Waals surface area contributed by atoms with Crippen molar-refractivity contribution in [3.8, 4) is 0 Å². The average molecular weight is 159 g/mol. The summed E-state index contributed by atoms with van der Waals surface area (Å²) in [4.78, 5) is 3.74. The van der Waals surface area contributed by atoms with Gasteiger partial charge in [0.15, 0.2) is 4.32 Å². The van der Waals surface area contributed by atoms with Gasteiger partial charge in [0.2, 0.25) is 0 Å². The quantitative estimate of drug-likeness (QED) is 0.523. The van der Waals surface area contributed by atoms with Crippen molar-refractivity contribution >= 4 is 28.3 Å². The van der Waals surface area contributed by atoms with Crippen molar-refractivity contribution < 1.29 is 0 Å². The summed E-state index contributed by atoms with van der Waals surface area (Å²) in [6.07, 6.45) is 4.95. The molecular formula is C4H5N3S2. The highest BCUT2D eigenvalue weighted by molar-refractivity contribution is 8.22. The van der Waals surface area contributed by atoms with Gasteiger partial charge in [-0.3, -0.25) is 0 Å². The van der Waals surface area contributed by atoms with Gasteiger partial charge in [0.05, 0.1) is 0 Å². The smallest absolute Gasteiger partial charge is 0.162 e. The third kappa shape index (κ3) is 1.49. The maximum Gasteiger partial charge on any atom is 0.162 e. The van der Waals surface area contributed by atoms with Gasteiger partial charge >= 0.3 is 0 Å². The summed E-state index contributed by atoms with van der Waals surface area (Å²) in [7, 11) is 0. The van der Waals surface area contributed by atoms with E-state index in [1.54, 1.807) is 11.0 Å². The van der Waals surface area contributed by atoms with Crippen LogP contribution in [0.25, 0.3) is 0 Å². The highest BCUT2D eigenvalue weighted by Crippen LogP contribution is 1.98. The molecule has 9 heavy (non-hydrogen) atoms. The molecule has 0 aliphatic heterocycles. The molecule has 0 aromatic carbocycles. The van der Waals surface area contributed by atoms with Crippen molar-refractivity contribution in [1.82, 2.24) is 14.8 Å². The second kappa shape index (κ2) is 2.93. The fourth-order valence-corrected chi connectivity index (χ4v) is 0.772. The van der Waals surface area contributed by atoms with Gasteiger partial charge in [-0.25, -0.2) is 9.67 Å². The Morgan fingerprint density at radius 3 is 3.00 bits per heavy atom. The summed E-state index contributed by atoms with van der Waals surface area (Å²) in [6, 6.07) is 0. The fraction of sp³-hybridized carbons (Fsp3) is 0.250. The summed E-state index contributed by atoms with van der Waals surface area (Å²) in [5.41, 5.74) is 0. The van der Waals surface area contributed by atoms with E-state index in [4.69, 9.17) is 12.2 Å². The third-order valence-corrected chi connectivity index (χ3v) is 2.00. The van der Waals surface area contributed by atoms with Crippen LogP contribution in [0.5, 0.6) is 0 Å². The van der Waals surface area contributed by atoms with E-state index < -0.39 is 0 Å². The summed E-state index contributed by atoms with van der Waals surface area (Å²) >= 11 is 6.37. The number of thiocarbonyl (C=S) groups is 1. The van der Waals surface area contributed by atoms with Gasteiger partial charge in [-0.05, 0) is 6.26 Å². The number of thioether (sulfide) groups is 1. The zero-order valence-electron chi connectivity index (χ0n) is 4.81. The summed E-state index contributed by atoms with van der Waals surface area (Å²) < 4.78 is 2.27. The maximum absolute atomic E-state index is 4.90. The zero-order chi connectivity index (χ0) is 6.69. The Morgan fingerprint density at radius 1 is 1.78 bits per heavy atom. The molecule has 1 rings (SSSR count). The molecule has 0 aliphatic carbocycles. The minimum Gasteiger partial charge on any atom is -0.223 e. The lowest BCUT2D eigenvalue weighted by molar-refractivity contribution is 0.963. The zero-order valence-corrected chi connectivity index (χ0v) is 6.45. The molecule has 1 heterocycles. The lowest BCUT2D eigenvalue weighted by Gasteiger charge is -1.93. The molecule has 0 N–H and O–H groups in total. The lowest BCUT2D eigenvalue weighted by Crippen LogP contribution is -2.03. The Labute approximate surface area is 62.5 Å². The molecule has 0 amide bonds. The van der Waals surface area contributed by atoms with Crippen molar-refractivity contribution in [1.29, 1.82) is 0 Å². The second-order valence-electron chi connectivity index (χ2n) is 1.31. The van der Waals surface area contributed by atoms with E-state index in [2.05, 4.69) is 10.1 Å². The van der Waals surface area contributed by atoms with Gasteiger partial charge in [-0.1, -0.05) is 24.0 Å². The van der Waals surface area contributed by atoms with E-state index in [-0.39, 0.29) is 0 Å². The largest absolute Gasteiger partial charge is 0.223 e. The summed E-state index contributed by atoms with van der Waals surface area (Å²) in [5, 5.41) is 3.83. The number of rotatable bonds is 0. The van der Waals surface area contributed by atoms with Crippen LogP contribution in [0.3, 0.4) is 0 Å². The SMILES string of the molecule is CSC(=S)n1cncn1. The van der Waals surface area contributed by atoms with E-state index in [1.807, 2.05) is 6.26 Å². The molecule has 0 aliphatic rings. The van der Waals surface area contributed by atoms with E-state index in [9.17, 15) is 0 Å². The average Bonchev–Trinajstić information content (AvgIpc) is 2.37. The van der Waals surface area contributed by atoms with Gasteiger partial charge in [-0.2, -0.15) is 5.10 Å². The number of aromatic nitrogens is 3. The second-order valence-corrected chi connectivity index (χ2v) is 2.75. The molecule has 0 atom stereocenters. The van der Waals surface area contributed by atoms with Gasteiger partial charge in [0.1, 0.15) is 12.7 Å². The lowest BCUT2D eigenvalue weighted by atomic mass is 11.2. The highest BCUT2D eigenvalue weighted by Gasteiger charge is 1.94. The van der Waals surface area contributed by atoms with Crippen molar-refractivity contribution in [2.75, 3.05) is 6.26 Å². The van der Waals surface area contributed by atoms with Crippen LogP contribution in [-0.2, 0) is 0 Å². The Hall–Kier alpha value is -0.420. The molecule has 0 unspecified atom stereocenters. The molecule has 5 heteroatoms. The Morgan fingerprint density at radius 2 is 2.56 bits per heavy atom. The van der Waals surface area contributed by atoms with Crippen molar-refractivity contribution in [2.24, 2.45) is 0 Å². The van der Waals surface area contributed by atoms with Gasteiger partial charge in [-0.15, -0.1) is 0 Å². The van der Waals surface area contributed by atoms with Crippen molar-refractivity contribution in [3.05, 3.63) is 12.7 Å². The maximum atomic E-state index is 4.90. The van der Waals surface area contributed by atoms with Crippen LogP contribution < -0.4 is 0 Å². The first kappa shape index (κ1) is 6.70. The monoisotopic (exact) mass is 159 g/mol. The van der Waals surface area contributed by atoms with Gasteiger partial charge in [0, 0.05) is 0 Å². The molecule has 1 aromatic rings. The van der Waals surface area contributed by atoms with Gasteiger partial charge in [0.25, 0.3) is 0 Å². The Balaban J connectivity index is 2.77. The van der Waals surface area contributed by atoms with E-state index >= 15 is 0 Å². The van der Waals surface area contributed by atoms with Crippen LogP contribution in [0.1, 0.15) is 0 Å². The third-order valence-electron chi connectivity index (χ3n) is 0.780. The molecule has 0 radical (unpaired) electrons. The van der Waals surface area contributed by atoms with Crippen LogP contribution in [-0.4, -0.2) is 25.3 Å². The topological polar surface area (TPSA) is 30.7 Å². The van der Waals surface area contributed by atoms with E-state index in [0.29, 0.717) is 4.32 Å². The minimum atomic E-state index is 0.715. The first-order chi connectivity index (χ1) is 4.34. The number of hydrogen-bond acceptors (Lipinski definition) is 4. The van der Waals surface area contributed by atoms with Crippen LogP contribution in [0.2, 0.25) is 0 Å².